The molecule has 2 heterocycles. The first-order valence-corrected chi connectivity index (χ1v) is 7.87. The third-order valence-corrected chi connectivity index (χ3v) is 4.13. The molecule has 0 bridgehead atoms. The minimum atomic E-state index is -0.0606. The van der Waals surface area contributed by atoms with Crippen LogP contribution in [-0.4, -0.2) is 29.5 Å². The number of hydrogen-bond donors (Lipinski definition) is 1. The number of para-hydroxylation sites is 1. The summed E-state index contributed by atoms with van der Waals surface area (Å²) in [6, 6.07) is 12.1. The first-order valence-electron chi connectivity index (χ1n) is 7.87. The van der Waals surface area contributed by atoms with Crippen molar-refractivity contribution in [2.24, 2.45) is 5.92 Å². The molecule has 1 fully saturated rings. The number of Topliss-reactive ketones (excluding diaryl/α,β-unsaturated/α-hetero) is 1. The van der Waals surface area contributed by atoms with E-state index in [0.717, 1.165) is 29.6 Å². The fourth-order valence-corrected chi connectivity index (χ4v) is 2.84. The molecule has 0 saturated carbocycles. The van der Waals surface area contributed by atoms with Crippen molar-refractivity contribution < 1.29 is 9.53 Å². The lowest BCUT2D eigenvalue weighted by molar-refractivity contribution is -0.123. The van der Waals surface area contributed by atoms with Crippen molar-refractivity contribution in [3.63, 3.8) is 0 Å². The number of carbonyl (C=O) groups excluding carboxylic acids is 1. The number of rotatable bonds is 5. The number of benzene rings is 1. The maximum Gasteiger partial charge on any atom is 0.152 e. The molecule has 2 aromatic rings. The standard InChI is InChI=1S/C18H22N2O2/c1-12(2)18(21)17-9-15(10-19-17)22-11-14-8-7-13-5-3-4-6-16(13)20-14/h3-8,12,15,17,19H,9-11H2,1-2H3/t15?,17-/m0/s1. The van der Waals surface area contributed by atoms with Gasteiger partial charge in [-0.2, -0.15) is 0 Å². The van der Waals surface area contributed by atoms with Crippen LogP contribution in [0.5, 0.6) is 0 Å². The minimum Gasteiger partial charge on any atom is -0.371 e. The Morgan fingerprint density at radius 1 is 1.32 bits per heavy atom. The first-order chi connectivity index (χ1) is 10.6. The van der Waals surface area contributed by atoms with Gasteiger partial charge in [-0.15, -0.1) is 0 Å². The van der Waals surface area contributed by atoms with Crippen LogP contribution in [0.2, 0.25) is 0 Å². The van der Waals surface area contributed by atoms with Gasteiger partial charge in [0.05, 0.1) is 30.0 Å². The number of nitrogens with zero attached hydrogens (tertiary/aromatic N) is 1. The SMILES string of the molecule is CC(C)C(=O)[C@@H]1CC(OCc2ccc3ccccc3n2)CN1. The number of aromatic nitrogens is 1. The van der Waals surface area contributed by atoms with Crippen molar-refractivity contribution in [1.82, 2.24) is 10.3 Å². The quantitative estimate of drug-likeness (QED) is 0.922. The van der Waals surface area contributed by atoms with Crippen molar-refractivity contribution in [2.75, 3.05) is 6.54 Å². The normalized spacial score (nSPS) is 21.6. The number of ketones is 1. The molecule has 0 aliphatic carbocycles. The molecule has 3 rings (SSSR count). The average molecular weight is 298 g/mol. The zero-order valence-corrected chi connectivity index (χ0v) is 13.1. The van der Waals surface area contributed by atoms with Crippen molar-refractivity contribution in [3.05, 3.63) is 42.1 Å². The molecule has 22 heavy (non-hydrogen) atoms. The Hall–Kier alpha value is -1.78. The molecule has 1 aliphatic heterocycles. The lowest BCUT2D eigenvalue weighted by atomic mass is 10.0. The summed E-state index contributed by atoms with van der Waals surface area (Å²) in [5.74, 6) is 0.341. The van der Waals surface area contributed by atoms with Gasteiger partial charge in [-0.3, -0.25) is 9.78 Å². The molecule has 1 aromatic heterocycles. The van der Waals surface area contributed by atoms with Crippen LogP contribution in [0.25, 0.3) is 10.9 Å². The van der Waals surface area contributed by atoms with Gasteiger partial charge in [0.1, 0.15) is 0 Å². The molecule has 116 valence electrons. The molecule has 1 aliphatic rings. The van der Waals surface area contributed by atoms with Gasteiger partial charge in [-0.05, 0) is 18.6 Å². The van der Waals surface area contributed by atoms with E-state index < -0.39 is 0 Å². The second kappa shape index (κ2) is 6.55. The molecule has 0 spiro atoms. The molecule has 0 amide bonds. The number of hydrogen-bond acceptors (Lipinski definition) is 4. The van der Waals surface area contributed by atoms with E-state index in [0.29, 0.717) is 6.61 Å². The van der Waals surface area contributed by atoms with Crippen LogP contribution in [-0.2, 0) is 16.1 Å². The number of fused-ring (bicyclic) bond motifs is 1. The van der Waals surface area contributed by atoms with Gasteiger partial charge in [0.25, 0.3) is 0 Å². The van der Waals surface area contributed by atoms with E-state index in [2.05, 4.69) is 22.4 Å². The summed E-state index contributed by atoms with van der Waals surface area (Å²) in [4.78, 5) is 16.6. The zero-order chi connectivity index (χ0) is 15.5. The summed E-state index contributed by atoms with van der Waals surface area (Å²) in [5.41, 5.74) is 1.92. The highest BCUT2D eigenvalue weighted by molar-refractivity contribution is 5.86. The first kappa shape index (κ1) is 15.1. The third kappa shape index (κ3) is 3.34. The lowest BCUT2D eigenvalue weighted by Gasteiger charge is -2.12. The summed E-state index contributed by atoms with van der Waals surface area (Å²) in [6.45, 7) is 5.10. The van der Waals surface area contributed by atoms with E-state index in [1.54, 1.807) is 0 Å². The highest BCUT2D eigenvalue weighted by atomic mass is 16.5. The molecular weight excluding hydrogens is 276 g/mol. The van der Waals surface area contributed by atoms with Gasteiger partial charge in [-0.1, -0.05) is 38.1 Å². The average Bonchev–Trinajstić information content (AvgIpc) is 3.00. The van der Waals surface area contributed by atoms with Crippen molar-refractivity contribution >= 4 is 16.7 Å². The van der Waals surface area contributed by atoms with Crippen LogP contribution >= 0.6 is 0 Å². The third-order valence-electron chi connectivity index (χ3n) is 4.13. The lowest BCUT2D eigenvalue weighted by Crippen LogP contribution is -2.33. The second-order valence-corrected chi connectivity index (χ2v) is 6.18. The van der Waals surface area contributed by atoms with Crippen LogP contribution in [0.15, 0.2) is 36.4 Å². The molecule has 0 radical (unpaired) electrons. The number of pyridine rings is 1. The maximum atomic E-state index is 12.0. The fraction of sp³-hybridized carbons (Fsp3) is 0.444. The fourth-order valence-electron chi connectivity index (χ4n) is 2.84. The van der Waals surface area contributed by atoms with Crippen molar-refractivity contribution in [1.29, 1.82) is 0 Å². The van der Waals surface area contributed by atoms with Crippen LogP contribution in [0, 0.1) is 5.92 Å². The van der Waals surface area contributed by atoms with Crippen LogP contribution in [0.4, 0.5) is 0 Å². The highest BCUT2D eigenvalue weighted by Gasteiger charge is 2.30. The largest absolute Gasteiger partial charge is 0.371 e. The molecule has 4 nitrogen and oxygen atoms in total. The van der Waals surface area contributed by atoms with Gasteiger partial charge < -0.3 is 10.1 Å². The van der Waals surface area contributed by atoms with Crippen LogP contribution < -0.4 is 5.32 Å². The predicted molar refractivity (Wildman–Crippen MR) is 86.6 cm³/mol. The molecule has 2 atom stereocenters. The number of carbonyl (C=O) groups is 1. The van der Waals surface area contributed by atoms with E-state index in [4.69, 9.17) is 4.74 Å². The topological polar surface area (TPSA) is 51.2 Å². The molecular formula is C18H22N2O2. The van der Waals surface area contributed by atoms with E-state index in [-0.39, 0.29) is 23.8 Å². The Kier molecular flexibility index (Phi) is 4.50. The predicted octanol–water partition coefficient (Wildman–Crippen LogP) is 2.71. The van der Waals surface area contributed by atoms with Crippen LogP contribution in [0.3, 0.4) is 0 Å². The van der Waals surface area contributed by atoms with Gasteiger partial charge in [-0.25, -0.2) is 0 Å². The van der Waals surface area contributed by atoms with E-state index in [1.807, 2.05) is 38.1 Å². The summed E-state index contributed by atoms with van der Waals surface area (Å²) < 4.78 is 5.92. The summed E-state index contributed by atoms with van der Waals surface area (Å²) in [7, 11) is 0. The summed E-state index contributed by atoms with van der Waals surface area (Å²) in [6.07, 6.45) is 0.839. The second-order valence-electron chi connectivity index (χ2n) is 6.18. The van der Waals surface area contributed by atoms with E-state index in [1.165, 1.54) is 0 Å². The van der Waals surface area contributed by atoms with Gasteiger partial charge in [0, 0.05) is 17.8 Å². The molecule has 1 saturated heterocycles. The number of ether oxygens (including phenoxy) is 1. The zero-order valence-electron chi connectivity index (χ0n) is 13.1. The smallest absolute Gasteiger partial charge is 0.152 e. The summed E-state index contributed by atoms with van der Waals surface area (Å²) in [5, 5.41) is 4.39. The van der Waals surface area contributed by atoms with E-state index in [9.17, 15) is 4.79 Å². The maximum absolute atomic E-state index is 12.0. The van der Waals surface area contributed by atoms with Crippen molar-refractivity contribution in [2.45, 2.75) is 39.0 Å². The Balaban J connectivity index is 1.57. The Morgan fingerprint density at radius 2 is 2.14 bits per heavy atom. The molecule has 1 unspecified atom stereocenters. The van der Waals surface area contributed by atoms with Crippen molar-refractivity contribution in [3.8, 4) is 0 Å². The summed E-state index contributed by atoms with van der Waals surface area (Å²) >= 11 is 0. The highest BCUT2D eigenvalue weighted by Crippen LogP contribution is 2.17. The monoisotopic (exact) mass is 298 g/mol. The number of nitrogens with one attached hydrogen (secondary N) is 1. The Bertz CT molecular complexity index is 669. The van der Waals surface area contributed by atoms with Gasteiger partial charge in [0.15, 0.2) is 5.78 Å². The van der Waals surface area contributed by atoms with Crippen LogP contribution in [0.1, 0.15) is 26.0 Å². The van der Waals surface area contributed by atoms with Gasteiger partial charge >= 0.3 is 0 Å². The van der Waals surface area contributed by atoms with Gasteiger partial charge in [0.2, 0.25) is 0 Å². The molecule has 1 N–H and O–H groups in total. The Labute approximate surface area is 130 Å². The Morgan fingerprint density at radius 3 is 2.95 bits per heavy atom. The minimum absolute atomic E-state index is 0.0606. The van der Waals surface area contributed by atoms with E-state index >= 15 is 0 Å². The molecule has 4 heteroatoms. The molecule has 1 aromatic carbocycles.